The fourth-order valence-electron chi connectivity index (χ4n) is 2.88. The number of nitrogens with zero attached hydrogens (tertiary/aromatic N) is 1. The second kappa shape index (κ2) is 6.85. The molecule has 0 radical (unpaired) electrons. The summed E-state index contributed by atoms with van der Waals surface area (Å²) in [6.07, 6.45) is 1.81. The Kier molecular flexibility index (Phi) is 4.61. The molecule has 25 heavy (non-hydrogen) atoms. The van der Waals surface area contributed by atoms with E-state index in [2.05, 4.69) is 0 Å². The van der Waals surface area contributed by atoms with Crippen molar-refractivity contribution in [3.8, 4) is 33.8 Å². The van der Waals surface area contributed by atoms with Crippen molar-refractivity contribution < 1.29 is 9.47 Å². The summed E-state index contributed by atoms with van der Waals surface area (Å²) >= 11 is 0. The van der Waals surface area contributed by atoms with Gasteiger partial charge >= 0.3 is 0 Å². The molecule has 3 aromatic rings. The Hall–Kier alpha value is -3.01. The van der Waals surface area contributed by atoms with Gasteiger partial charge in [-0.25, -0.2) is 0 Å². The van der Waals surface area contributed by atoms with Crippen molar-refractivity contribution in [2.75, 3.05) is 14.2 Å². The lowest BCUT2D eigenvalue weighted by atomic mass is 9.99. The van der Waals surface area contributed by atoms with Crippen LogP contribution in [-0.2, 0) is 7.05 Å². The summed E-state index contributed by atoms with van der Waals surface area (Å²) < 4.78 is 12.5. The predicted octanol–water partition coefficient (Wildman–Crippen LogP) is 4.04. The van der Waals surface area contributed by atoms with Gasteiger partial charge in [0.15, 0.2) is 0 Å². The highest BCUT2D eigenvalue weighted by atomic mass is 16.5. The molecule has 0 fully saturated rings. The molecule has 0 saturated heterocycles. The number of hydrogen-bond donors (Lipinski definition) is 0. The molecule has 0 aliphatic heterocycles. The highest BCUT2D eigenvalue weighted by Gasteiger charge is 2.18. The van der Waals surface area contributed by atoms with Gasteiger partial charge in [-0.3, -0.25) is 4.79 Å². The molecule has 0 aliphatic carbocycles. The Morgan fingerprint density at radius 2 is 1.44 bits per heavy atom. The molecule has 0 unspecified atom stereocenters. The summed E-state index contributed by atoms with van der Waals surface area (Å²) in [6.45, 7) is 2.02. The minimum absolute atomic E-state index is 0.0852. The van der Waals surface area contributed by atoms with Gasteiger partial charge in [0.1, 0.15) is 11.5 Å². The average Bonchev–Trinajstić information content (AvgIpc) is 2.64. The summed E-state index contributed by atoms with van der Waals surface area (Å²) in [5.41, 5.74) is 4.30. The minimum Gasteiger partial charge on any atom is -0.497 e. The van der Waals surface area contributed by atoms with Gasteiger partial charge < -0.3 is 14.0 Å². The molecule has 4 nitrogen and oxygen atoms in total. The van der Waals surface area contributed by atoms with Gasteiger partial charge in [0.25, 0.3) is 5.56 Å². The molecule has 0 saturated carbocycles. The SMILES string of the molecule is COc1ccc(-c2cn(C)c(=O)c(-c3ccc(C)cc3)c2OC)cc1. The first-order valence-corrected chi connectivity index (χ1v) is 8.04. The molecule has 0 amide bonds. The Morgan fingerprint density at radius 1 is 0.840 bits per heavy atom. The number of rotatable bonds is 4. The van der Waals surface area contributed by atoms with Crippen molar-refractivity contribution in [3.05, 3.63) is 70.6 Å². The van der Waals surface area contributed by atoms with E-state index in [9.17, 15) is 4.79 Å². The Balaban J connectivity index is 2.26. The first kappa shape index (κ1) is 16.8. The Labute approximate surface area is 147 Å². The maximum atomic E-state index is 12.8. The molecule has 0 atom stereocenters. The van der Waals surface area contributed by atoms with E-state index in [1.54, 1.807) is 32.0 Å². The predicted molar refractivity (Wildman–Crippen MR) is 100 cm³/mol. The lowest BCUT2D eigenvalue weighted by Gasteiger charge is -2.16. The van der Waals surface area contributed by atoms with E-state index in [0.717, 1.165) is 28.0 Å². The molecule has 3 rings (SSSR count). The summed E-state index contributed by atoms with van der Waals surface area (Å²) in [5, 5.41) is 0. The highest BCUT2D eigenvalue weighted by molar-refractivity contribution is 5.81. The number of benzene rings is 2. The Morgan fingerprint density at radius 3 is 2.00 bits per heavy atom. The third-order valence-corrected chi connectivity index (χ3v) is 4.27. The van der Waals surface area contributed by atoms with Crippen molar-refractivity contribution in [3.63, 3.8) is 0 Å². The van der Waals surface area contributed by atoms with Crippen molar-refractivity contribution in [1.29, 1.82) is 0 Å². The number of aromatic nitrogens is 1. The van der Waals surface area contributed by atoms with Crippen molar-refractivity contribution >= 4 is 0 Å². The molecular formula is C21H21NO3. The first-order chi connectivity index (χ1) is 12.0. The summed E-state index contributed by atoms with van der Waals surface area (Å²) in [7, 11) is 4.99. The molecule has 0 spiro atoms. The molecule has 128 valence electrons. The van der Waals surface area contributed by atoms with Crippen molar-refractivity contribution in [2.45, 2.75) is 6.92 Å². The van der Waals surface area contributed by atoms with E-state index in [1.807, 2.05) is 55.5 Å². The van der Waals surface area contributed by atoms with Crippen LogP contribution in [0.5, 0.6) is 11.5 Å². The maximum absolute atomic E-state index is 12.8. The molecule has 0 bridgehead atoms. The Bertz CT molecular complexity index is 939. The molecule has 1 heterocycles. The average molecular weight is 335 g/mol. The first-order valence-electron chi connectivity index (χ1n) is 8.04. The van der Waals surface area contributed by atoms with Gasteiger partial charge in [0.05, 0.1) is 19.8 Å². The van der Waals surface area contributed by atoms with E-state index in [4.69, 9.17) is 9.47 Å². The number of methoxy groups -OCH3 is 2. The van der Waals surface area contributed by atoms with Crippen LogP contribution in [0.15, 0.2) is 59.5 Å². The summed E-state index contributed by atoms with van der Waals surface area (Å²) in [4.78, 5) is 12.8. The van der Waals surface area contributed by atoms with E-state index < -0.39 is 0 Å². The number of pyridine rings is 1. The second-order valence-electron chi connectivity index (χ2n) is 5.96. The van der Waals surface area contributed by atoms with Crippen LogP contribution in [0.25, 0.3) is 22.3 Å². The van der Waals surface area contributed by atoms with Crippen LogP contribution in [0.3, 0.4) is 0 Å². The zero-order valence-corrected chi connectivity index (χ0v) is 14.9. The zero-order chi connectivity index (χ0) is 18.0. The molecule has 4 heteroatoms. The van der Waals surface area contributed by atoms with Gasteiger partial charge in [0, 0.05) is 18.8 Å². The maximum Gasteiger partial charge on any atom is 0.261 e. The fraction of sp³-hybridized carbons (Fsp3) is 0.190. The van der Waals surface area contributed by atoms with E-state index in [-0.39, 0.29) is 5.56 Å². The second-order valence-corrected chi connectivity index (χ2v) is 5.96. The monoisotopic (exact) mass is 335 g/mol. The number of ether oxygens (including phenoxy) is 2. The van der Waals surface area contributed by atoms with Gasteiger partial charge in [-0.05, 0) is 30.2 Å². The quantitative estimate of drug-likeness (QED) is 0.722. The molecule has 0 N–H and O–H groups in total. The third-order valence-electron chi connectivity index (χ3n) is 4.27. The lowest BCUT2D eigenvalue weighted by Crippen LogP contribution is -2.19. The van der Waals surface area contributed by atoms with Gasteiger partial charge in [0.2, 0.25) is 0 Å². The standard InChI is InChI=1S/C21H21NO3/c1-14-5-7-16(8-6-14)19-20(25-4)18(13-22(2)21(19)23)15-9-11-17(24-3)12-10-15/h5-13H,1-4H3. The molecule has 1 aromatic heterocycles. The lowest BCUT2D eigenvalue weighted by molar-refractivity contribution is 0.414. The van der Waals surface area contributed by atoms with Crippen LogP contribution in [-0.4, -0.2) is 18.8 Å². The molecular weight excluding hydrogens is 314 g/mol. The van der Waals surface area contributed by atoms with E-state index in [0.29, 0.717) is 11.3 Å². The number of hydrogen-bond acceptors (Lipinski definition) is 3. The third kappa shape index (κ3) is 3.15. The smallest absolute Gasteiger partial charge is 0.261 e. The molecule has 2 aromatic carbocycles. The van der Waals surface area contributed by atoms with Gasteiger partial charge in [-0.2, -0.15) is 0 Å². The summed E-state index contributed by atoms with van der Waals surface area (Å²) in [5.74, 6) is 1.36. The van der Waals surface area contributed by atoms with Gasteiger partial charge in [-0.15, -0.1) is 0 Å². The topological polar surface area (TPSA) is 40.5 Å². The van der Waals surface area contributed by atoms with Crippen LogP contribution >= 0.6 is 0 Å². The fourth-order valence-corrected chi connectivity index (χ4v) is 2.88. The summed E-state index contributed by atoms with van der Waals surface area (Å²) in [6, 6.07) is 15.6. The van der Waals surface area contributed by atoms with E-state index in [1.165, 1.54) is 0 Å². The normalized spacial score (nSPS) is 10.6. The van der Waals surface area contributed by atoms with Crippen LogP contribution in [0.2, 0.25) is 0 Å². The highest BCUT2D eigenvalue weighted by Crippen LogP contribution is 2.37. The van der Waals surface area contributed by atoms with Crippen molar-refractivity contribution in [2.24, 2.45) is 7.05 Å². The van der Waals surface area contributed by atoms with Crippen LogP contribution in [0, 0.1) is 6.92 Å². The van der Waals surface area contributed by atoms with Crippen molar-refractivity contribution in [1.82, 2.24) is 4.57 Å². The van der Waals surface area contributed by atoms with E-state index >= 15 is 0 Å². The minimum atomic E-state index is -0.0852. The van der Waals surface area contributed by atoms with Gasteiger partial charge in [-0.1, -0.05) is 42.0 Å². The molecule has 0 aliphatic rings. The zero-order valence-electron chi connectivity index (χ0n) is 14.9. The largest absolute Gasteiger partial charge is 0.497 e. The van der Waals surface area contributed by atoms with Crippen LogP contribution < -0.4 is 15.0 Å². The van der Waals surface area contributed by atoms with Crippen LogP contribution in [0.1, 0.15) is 5.56 Å². The number of aryl methyl sites for hydroxylation is 2. The van der Waals surface area contributed by atoms with Crippen LogP contribution in [0.4, 0.5) is 0 Å².